The maximum absolute atomic E-state index is 7.84. The fraction of sp³-hybridized carbons (Fsp3) is 0.258. The fourth-order valence-electron chi connectivity index (χ4n) is 21.5. The number of hydrogen-bond acceptors (Lipinski definition) is 0. The van der Waals surface area contributed by atoms with Crippen LogP contribution in [0.4, 0.5) is 5.69 Å². The molecule has 8 aromatic heterocycles. The molecule has 0 spiro atoms. The van der Waals surface area contributed by atoms with Crippen molar-refractivity contribution in [3.8, 4) is 67.8 Å². The van der Waals surface area contributed by atoms with Gasteiger partial charge in [0.05, 0.1) is 69.0 Å². The lowest BCUT2D eigenvalue weighted by Crippen LogP contribution is -2.42. The molecule has 20 aromatic rings. The van der Waals surface area contributed by atoms with Gasteiger partial charge in [-0.15, -0.1) is 18.7 Å². The predicted molar refractivity (Wildman–Crippen MR) is 549 cm³/mol. The Morgan fingerprint density at radius 2 is 0.579 bits per heavy atom. The average Bonchev–Trinajstić information content (AvgIpc) is 1.63. The molecule has 0 aliphatic rings. The molecule has 0 atom stereocenters. The number of para-hydroxylation sites is 8. The zero-order valence-corrected chi connectivity index (χ0v) is 82.8. The van der Waals surface area contributed by atoms with E-state index in [1.165, 1.54) is 189 Å². The van der Waals surface area contributed by atoms with Crippen LogP contribution < -0.4 is 37.0 Å². The van der Waals surface area contributed by atoms with E-state index in [9.17, 15) is 0 Å². The summed E-state index contributed by atoms with van der Waals surface area (Å²) in [7, 11) is 8.71. The molecule has 20 rings (SSSR count). The number of nitrogens with zero attached hydrogens (tertiary/aromatic N) is 13. The van der Waals surface area contributed by atoms with E-state index in [2.05, 4.69) is 514 Å². The first-order chi connectivity index (χ1) is 63.7. The molecule has 0 aliphatic heterocycles. The summed E-state index contributed by atoms with van der Waals surface area (Å²) in [6.45, 7) is 57.2. The van der Waals surface area contributed by atoms with Gasteiger partial charge in [-0.05, 0) is 247 Å². The van der Waals surface area contributed by atoms with Crippen molar-refractivity contribution in [1.29, 1.82) is 0 Å². The highest BCUT2D eigenvalue weighted by Crippen LogP contribution is 2.42. The lowest BCUT2D eigenvalue weighted by molar-refractivity contribution is -0.743. The van der Waals surface area contributed by atoms with E-state index < -0.39 is 0 Å². The molecule has 0 saturated carbocycles. The Morgan fingerprint density at radius 1 is 0.286 bits per heavy atom. The number of fused-ring (bicyclic) bond motifs is 8. The third-order valence-corrected chi connectivity index (χ3v) is 27.5. The Bertz CT molecular complexity index is 8070. The number of aryl methyl sites for hydroxylation is 7. The zero-order chi connectivity index (χ0) is 94.4. The molecule has 0 N–H and O–H groups in total. The molecule has 0 saturated heterocycles. The van der Waals surface area contributed by atoms with Crippen LogP contribution in [0.1, 0.15) is 168 Å². The second-order valence-corrected chi connectivity index (χ2v) is 38.8. The molecular weight excluding hydrogens is 1620 g/mol. The van der Waals surface area contributed by atoms with E-state index in [0.717, 1.165) is 33.7 Å². The minimum absolute atomic E-state index is 0.0191. The minimum Gasteiger partial charge on any atom is -0.238 e. The van der Waals surface area contributed by atoms with Gasteiger partial charge in [0.15, 0.2) is 56.7 Å². The molecule has 0 radical (unpaired) electrons. The molecule has 0 amide bonds. The Hall–Kier alpha value is -14.4. The first kappa shape index (κ1) is 90.6. The zero-order valence-electron chi connectivity index (χ0n) is 82.8. The van der Waals surface area contributed by atoms with Gasteiger partial charge in [-0.3, -0.25) is 0 Å². The normalized spacial score (nSPS) is 11.8. The Morgan fingerprint density at radius 3 is 0.932 bits per heavy atom. The van der Waals surface area contributed by atoms with E-state index in [-0.39, 0.29) is 5.41 Å². The molecular formula is C120H129N13+8. The first-order valence-corrected chi connectivity index (χ1v) is 47.2. The van der Waals surface area contributed by atoms with E-state index in [1.54, 1.807) is 0 Å². The third kappa shape index (κ3) is 16.0. The van der Waals surface area contributed by atoms with E-state index >= 15 is 0 Å². The second-order valence-electron chi connectivity index (χ2n) is 38.8. The summed E-state index contributed by atoms with van der Waals surface area (Å²) < 4.78 is 28.4. The molecule has 0 unspecified atom stereocenters. The lowest BCUT2D eigenvalue weighted by atomic mass is 9.83. The van der Waals surface area contributed by atoms with Gasteiger partial charge in [-0.1, -0.05) is 118 Å². The molecule has 133 heavy (non-hydrogen) atoms. The van der Waals surface area contributed by atoms with Gasteiger partial charge in [0, 0.05) is 149 Å². The van der Waals surface area contributed by atoms with Crippen molar-refractivity contribution in [2.75, 3.05) is 0 Å². The van der Waals surface area contributed by atoms with Crippen molar-refractivity contribution in [2.24, 2.45) is 28.2 Å². The number of benzene rings is 12. The molecule has 0 fully saturated rings. The highest BCUT2D eigenvalue weighted by molar-refractivity contribution is 5.97. The van der Waals surface area contributed by atoms with Crippen LogP contribution in [0, 0.1) is 82.7 Å². The van der Waals surface area contributed by atoms with Crippen molar-refractivity contribution >= 4 is 92.9 Å². The van der Waals surface area contributed by atoms with Gasteiger partial charge >= 0.3 is 0 Å². The van der Waals surface area contributed by atoms with Gasteiger partial charge < -0.3 is 0 Å². The summed E-state index contributed by atoms with van der Waals surface area (Å²) in [5.74, 6) is 0. The average molecular weight is 1750 g/mol. The summed E-state index contributed by atoms with van der Waals surface area (Å²) in [5, 5.41) is 10.0. The van der Waals surface area contributed by atoms with E-state index in [1.807, 2.05) is 12.1 Å². The van der Waals surface area contributed by atoms with Crippen molar-refractivity contribution in [1.82, 2.24) is 18.7 Å². The van der Waals surface area contributed by atoms with Gasteiger partial charge in [-0.2, -0.15) is 37.0 Å². The second kappa shape index (κ2) is 36.1. The lowest BCUT2D eigenvalue weighted by Gasteiger charge is -2.21. The predicted octanol–water partition coefficient (Wildman–Crippen LogP) is 25.8. The summed E-state index contributed by atoms with van der Waals surface area (Å²) in [4.78, 5) is 3.87. The molecule has 13 nitrogen and oxygen atoms in total. The standard InChI is InChI=1S/C32H37N3.C30H33N3.C29H28N4.C29H31N3/c1-21(2)35-29-16-12-10-14-26(29)31(33(35)8)27-19-25(32(5,6)7)20-30(23(27)4)34-22(3)17-18-24-13-9-11-15-28(24)34;1-19(2)33-27-15-11-9-13-25(27)30(31(33)7)28-20(3)18-21(4)29(23(28)6)32-22(5)16-17-24-12-8-10-14-26(24)32;1-19(2)33-27-14-10-8-12-24(27)29(31(33)6)25-17-23(30-5)18-28(21(25)4)32-20(3)15-16-22-11-7-9-13-26(22)32;1-19(2)32-27-14-10-8-12-24(27)29(30(32)6)25-17-20(3)18-28(22(25)5)31-21(4)15-16-23-11-7-9-13-26(23)31/h9-21H,1-8H3;8-19H,1-7H3;7-19H,1-4,6H3;7-19H,1-6H3/q4*+2. The van der Waals surface area contributed by atoms with Crippen molar-refractivity contribution < 1.29 is 37.0 Å². The third-order valence-electron chi connectivity index (χ3n) is 27.5. The number of aromatic nitrogens is 12. The fourth-order valence-corrected chi connectivity index (χ4v) is 21.5. The smallest absolute Gasteiger partial charge is 0.238 e. The minimum atomic E-state index is 0.0191. The van der Waals surface area contributed by atoms with Crippen LogP contribution in [-0.2, 0) is 33.6 Å². The summed E-state index contributed by atoms with van der Waals surface area (Å²) in [6, 6.07) is 104. The maximum atomic E-state index is 7.84. The van der Waals surface area contributed by atoms with Gasteiger partial charge in [0.1, 0.15) is 22.1 Å². The molecule has 12 aromatic carbocycles. The topological polar surface area (TPSA) is 55.1 Å². The molecule has 0 aliphatic carbocycles. The summed E-state index contributed by atoms with van der Waals surface area (Å²) >= 11 is 0. The van der Waals surface area contributed by atoms with Crippen LogP contribution >= 0.6 is 0 Å². The van der Waals surface area contributed by atoms with Crippen LogP contribution in [0.15, 0.2) is 285 Å². The molecule has 666 valence electrons. The Balaban J connectivity index is 0.000000124. The monoisotopic (exact) mass is 1750 g/mol. The van der Waals surface area contributed by atoms with E-state index in [0.29, 0.717) is 29.9 Å². The van der Waals surface area contributed by atoms with Crippen LogP contribution in [0.5, 0.6) is 0 Å². The Kier molecular flexibility index (Phi) is 24.6. The maximum Gasteiger partial charge on any atom is 0.246 e. The summed E-state index contributed by atoms with van der Waals surface area (Å²) in [5.41, 5.74) is 40.5. The van der Waals surface area contributed by atoms with Crippen molar-refractivity contribution in [2.45, 2.75) is 182 Å². The summed E-state index contributed by atoms with van der Waals surface area (Å²) in [6.07, 6.45) is 0. The number of pyridine rings is 4. The van der Waals surface area contributed by atoms with Crippen molar-refractivity contribution in [3.63, 3.8) is 0 Å². The SMILES string of the molecule is Cc1c(-c2c3ccccc3n(C(C)C)[n+]2C)cc(C(C)(C)C)cc1-[n+]1c(C)ccc2ccccc21.Cc1cc(-c2c3ccccc3n(C(C)C)[n+]2C)c(C)c(-[n+]2c(C)ccc3ccccc32)c1.Cc1cc(C)c(-[n+]2c(C)ccc3ccccc32)c(C)c1-c1c2ccccc2n(C(C)C)[n+]1C.[C-]#[N+]c1cc(-c2c3ccccc3n(C(C)C)[n+]2C)c(C)c(-[n+]2c(C)ccc3ccccc32)c1. The van der Waals surface area contributed by atoms with Crippen LogP contribution in [0.2, 0.25) is 0 Å². The molecule has 0 bridgehead atoms. The van der Waals surface area contributed by atoms with Crippen molar-refractivity contribution in [3.05, 3.63) is 364 Å². The number of rotatable bonds is 12. The highest BCUT2D eigenvalue weighted by atomic mass is 15.4. The van der Waals surface area contributed by atoms with E-state index in [4.69, 9.17) is 6.57 Å². The Labute approximate surface area is 785 Å². The quantitative estimate of drug-likeness (QED) is 0.0865. The molecule has 13 heteroatoms. The largest absolute Gasteiger partial charge is 0.246 e. The van der Waals surface area contributed by atoms with Crippen LogP contribution in [-0.4, -0.2) is 18.7 Å². The molecule has 8 heterocycles. The highest BCUT2D eigenvalue weighted by Gasteiger charge is 2.38. The van der Waals surface area contributed by atoms with Crippen LogP contribution in [0.25, 0.3) is 160 Å². The van der Waals surface area contributed by atoms with Gasteiger partial charge in [-0.25, -0.2) is 4.85 Å². The first-order valence-electron chi connectivity index (χ1n) is 47.2. The van der Waals surface area contributed by atoms with Crippen LogP contribution in [0.3, 0.4) is 0 Å². The van der Waals surface area contributed by atoms with Gasteiger partial charge in [0.2, 0.25) is 67.6 Å². The van der Waals surface area contributed by atoms with Gasteiger partial charge in [0.25, 0.3) is 0 Å². The number of hydrogen-bond donors (Lipinski definition) is 0.